The molecule has 0 unspecified atom stereocenters. The number of phenolic OH excluding ortho intramolecular Hbond substituents is 1. The van der Waals surface area contributed by atoms with Gasteiger partial charge in [0.1, 0.15) is 5.75 Å². The van der Waals surface area contributed by atoms with Gasteiger partial charge >= 0.3 is 7.48 Å². The van der Waals surface area contributed by atoms with Crippen molar-refractivity contribution in [3.8, 4) is 28.0 Å². The van der Waals surface area contributed by atoms with E-state index in [1.807, 2.05) is 48.5 Å². The normalized spacial score (nSPS) is 11.3. The van der Waals surface area contributed by atoms with Gasteiger partial charge in [-0.15, -0.1) is 0 Å². The molecule has 33 heavy (non-hydrogen) atoms. The smallest absolute Gasteiger partial charge is 0.309 e. The van der Waals surface area contributed by atoms with Crippen molar-refractivity contribution in [3.63, 3.8) is 0 Å². The fourth-order valence-electron chi connectivity index (χ4n) is 4.94. The summed E-state index contributed by atoms with van der Waals surface area (Å²) in [6.45, 7) is 0. The lowest BCUT2D eigenvalue weighted by molar-refractivity contribution is 0.481. The minimum Gasteiger partial charge on any atom is -0.508 e. The number of aromatic hydroxyl groups is 1. The maximum absolute atomic E-state index is 11.5. The topological polar surface area (TPSA) is 40.5 Å². The second-order valence-electron chi connectivity index (χ2n) is 8.40. The predicted molar refractivity (Wildman–Crippen MR) is 140 cm³/mol. The van der Waals surface area contributed by atoms with Gasteiger partial charge in [0, 0.05) is 5.56 Å². The lowest BCUT2D eigenvalue weighted by Crippen LogP contribution is -2.18. The third-order valence-corrected chi connectivity index (χ3v) is 6.52. The molecule has 6 rings (SSSR count). The van der Waals surface area contributed by atoms with Crippen LogP contribution in [0.4, 0.5) is 0 Å². The molecule has 3 heteroatoms. The first-order valence-electron chi connectivity index (χ1n) is 11.1. The fourth-order valence-corrected chi connectivity index (χ4v) is 4.94. The molecule has 2 N–H and O–H groups in total. The molecule has 0 heterocycles. The molecule has 0 aliphatic carbocycles. The minimum atomic E-state index is -0.251. The molecule has 0 aromatic heterocycles. The number of phenols is 1. The predicted octanol–water partition coefficient (Wildman–Crippen LogP) is 6.15. The minimum absolute atomic E-state index is 0.134. The quantitative estimate of drug-likeness (QED) is 0.335. The van der Waals surface area contributed by atoms with E-state index in [9.17, 15) is 10.1 Å². The molecule has 0 spiro atoms. The van der Waals surface area contributed by atoms with Gasteiger partial charge in [-0.3, -0.25) is 0 Å². The Morgan fingerprint density at radius 1 is 0.485 bits per heavy atom. The second kappa shape index (κ2) is 7.81. The highest BCUT2D eigenvalue weighted by molar-refractivity contribution is 6.51. The van der Waals surface area contributed by atoms with Gasteiger partial charge in [0.25, 0.3) is 0 Å². The highest BCUT2D eigenvalue weighted by atomic mass is 16.3. The molecule has 0 saturated carbocycles. The van der Waals surface area contributed by atoms with Crippen LogP contribution in [0.2, 0.25) is 0 Å². The second-order valence-corrected chi connectivity index (χ2v) is 8.40. The first-order chi connectivity index (χ1) is 16.2. The summed E-state index contributed by atoms with van der Waals surface area (Å²) in [5, 5.41) is 28.5. The molecular weight excluding hydrogens is 403 g/mol. The monoisotopic (exact) mass is 424 g/mol. The maximum atomic E-state index is 11.5. The fraction of sp³-hybridized carbons (Fsp3) is 0. The Kier molecular flexibility index (Phi) is 4.64. The van der Waals surface area contributed by atoms with Gasteiger partial charge in [0.15, 0.2) is 0 Å². The number of hydrogen-bond donors (Lipinski definition) is 2. The summed E-state index contributed by atoms with van der Waals surface area (Å²) in [7, 11) is -0.251. The van der Waals surface area contributed by atoms with E-state index in [2.05, 4.69) is 60.7 Å². The largest absolute Gasteiger partial charge is 0.508 e. The van der Waals surface area contributed by atoms with Gasteiger partial charge < -0.3 is 10.1 Å². The number of fused-ring (bicyclic) bond motifs is 3. The Morgan fingerprint density at radius 2 is 0.939 bits per heavy atom. The molecular formula is C30H21BO2. The van der Waals surface area contributed by atoms with E-state index in [1.165, 1.54) is 0 Å². The molecule has 0 amide bonds. The number of rotatable bonds is 3. The van der Waals surface area contributed by atoms with Crippen molar-refractivity contribution in [1.29, 1.82) is 0 Å². The Morgan fingerprint density at radius 3 is 1.48 bits per heavy atom. The van der Waals surface area contributed by atoms with Crippen LogP contribution < -0.4 is 5.46 Å². The molecule has 0 fully saturated rings. The van der Waals surface area contributed by atoms with Crippen LogP contribution in [0, 0.1) is 0 Å². The summed E-state index contributed by atoms with van der Waals surface area (Å²) in [5.74, 6) is 0.134. The highest BCUT2D eigenvalue weighted by Gasteiger charge is 2.21. The van der Waals surface area contributed by atoms with Crippen LogP contribution in [0.25, 0.3) is 54.6 Å². The van der Waals surface area contributed by atoms with Crippen LogP contribution in [-0.4, -0.2) is 17.6 Å². The highest BCUT2D eigenvalue weighted by Crippen LogP contribution is 2.41. The molecule has 2 nitrogen and oxygen atoms in total. The van der Waals surface area contributed by atoms with E-state index < -0.39 is 0 Å². The third-order valence-electron chi connectivity index (χ3n) is 6.52. The SMILES string of the molecule is OBc1c(O)c(-c2ccc3ccccc3c2)c2ccccc2c1-c1ccc2ccccc2c1. The van der Waals surface area contributed by atoms with Crippen LogP contribution in [0.3, 0.4) is 0 Å². The van der Waals surface area contributed by atoms with Crippen LogP contribution in [0.15, 0.2) is 109 Å². The van der Waals surface area contributed by atoms with Crippen molar-refractivity contribution in [2.45, 2.75) is 0 Å². The molecule has 0 radical (unpaired) electrons. The van der Waals surface area contributed by atoms with Crippen molar-refractivity contribution in [3.05, 3.63) is 109 Å². The summed E-state index contributed by atoms with van der Waals surface area (Å²) in [6.07, 6.45) is 0. The van der Waals surface area contributed by atoms with Crippen LogP contribution in [0.1, 0.15) is 0 Å². The summed E-state index contributed by atoms with van der Waals surface area (Å²) in [5.41, 5.74) is 4.09. The Hall–Kier alpha value is -4.08. The number of benzene rings is 6. The lowest BCUT2D eigenvalue weighted by atomic mass is 9.75. The van der Waals surface area contributed by atoms with E-state index in [0.717, 1.165) is 54.6 Å². The molecule has 0 bridgehead atoms. The van der Waals surface area contributed by atoms with E-state index in [1.54, 1.807) is 0 Å². The van der Waals surface area contributed by atoms with Crippen molar-refractivity contribution < 1.29 is 10.1 Å². The zero-order chi connectivity index (χ0) is 22.4. The zero-order valence-corrected chi connectivity index (χ0v) is 18.0. The van der Waals surface area contributed by atoms with E-state index in [0.29, 0.717) is 5.46 Å². The summed E-state index contributed by atoms with van der Waals surface area (Å²) in [6, 6.07) is 37.1. The van der Waals surface area contributed by atoms with E-state index in [4.69, 9.17) is 0 Å². The Bertz CT molecular complexity index is 1670. The summed E-state index contributed by atoms with van der Waals surface area (Å²) in [4.78, 5) is 0. The first-order valence-corrected chi connectivity index (χ1v) is 11.1. The molecule has 0 aliphatic heterocycles. The van der Waals surface area contributed by atoms with Crippen molar-refractivity contribution in [1.82, 2.24) is 0 Å². The van der Waals surface area contributed by atoms with E-state index >= 15 is 0 Å². The molecule has 6 aromatic carbocycles. The molecule has 6 aromatic rings. The maximum Gasteiger partial charge on any atom is 0.309 e. The van der Waals surface area contributed by atoms with Crippen LogP contribution in [0.5, 0.6) is 5.75 Å². The average molecular weight is 424 g/mol. The molecule has 156 valence electrons. The molecule has 0 atom stereocenters. The Labute approximate surface area is 192 Å². The summed E-state index contributed by atoms with van der Waals surface area (Å²) >= 11 is 0. The average Bonchev–Trinajstić information content (AvgIpc) is 2.87. The standard InChI is InChI=1S/C30H21BO2/c32-30-28(24-16-14-20-8-2-4-10-22(20)18-24)26-12-6-5-11-25(26)27(29(30)31-33)23-15-13-19-7-1-3-9-21(19)17-23/h1-18,31-33H. The lowest BCUT2D eigenvalue weighted by Gasteiger charge is -2.19. The van der Waals surface area contributed by atoms with Gasteiger partial charge in [0.2, 0.25) is 0 Å². The van der Waals surface area contributed by atoms with Gasteiger partial charge in [0.05, 0.1) is 0 Å². The van der Waals surface area contributed by atoms with E-state index in [-0.39, 0.29) is 13.2 Å². The van der Waals surface area contributed by atoms with Crippen LogP contribution >= 0.6 is 0 Å². The van der Waals surface area contributed by atoms with Gasteiger partial charge in [-0.25, -0.2) is 0 Å². The number of hydrogen-bond acceptors (Lipinski definition) is 2. The van der Waals surface area contributed by atoms with Gasteiger partial charge in [-0.05, 0) is 66.6 Å². The van der Waals surface area contributed by atoms with Crippen LogP contribution in [-0.2, 0) is 0 Å². The van der Waals surface area contributed by atoms with Crippen molar-refractivity contribution in [2.24, 2.45) is 0 Å². The third kappa shape index (κ3) is 3.17. The Balaban J connectivity index is 1.68. The van der Waals surface area contributed by atoms with Crippen molar-refractivity contribution in [2.75, 3.05) is 0 Å². The first kappa shape index (κ1) is 19.6. The molecule has 0 aliphatic rings. The van der Waals surface area contributed by atoms with Gasteiger partial charge in [-0.2, -0.15) is 0 Å². The summed E-state index contributed by atoms with van der Waals surface area (Å²) < 4.78 is 0. The zero-order valence-electron chi connectivity index (χ0n) is 18.0. The molecule has 0 saturated heterocycles. The van der Waals surface area contributed by atoms with Gasteiger partial charge in [-0.1, -0.05) is 97.1 Å². The van der Waals surface area contributed by atoms with Crippen molar-refractivity contribution >= 4 is 45.3 Å².